The van der Waals surface area contributed by atoms with Crippen LogP contribution in [0.5, 0.6) is 0 Å². The Morgan fingerprint density at radius 1 is 1.69 bits per heavy atom. The fraction of sp³-hybridized carbons (Fsp3) is 0.667. The Balaban J connectivity index is 1.82. The molecule has 0 saturated heterocycles. The number of hydrogen-bond acceptors (Lipinski definition) is 3. The van der Waals surface area contributed by atoms with Gasteiger partial charge in [0.2, 0.25) is 0 Å². The third-order valence-corrected chi connectivity index (χ3v) is 3.32. The van der Waals surface area contributed by atoms with E-state index >= 15 is 0 Å². The van der Waals surface area contributed by atoms with E-state index in [4.69, 9.17) is 11.6 Å². The van der Waals surface area contributed by atoms with Crippen molar-refractivity contribution in [3.63, 3.8) is 0 Å². The minimum atomic E-state index is 0.648. The summed E-state index contributed by atoms with van der Waals surface area (Å²) in [5, 5.41) is 0. The Kier molecular flexibility index (Phi) is 2.86. The number of aromatic nitrogens is 1. The lowest BCUT2D eigenvalue weighted by atomic mass is 10.4. The smallest absolute Gasteiger partial charge is 0.183 e. The zero-order valence-corrected chi connectivity index (χ0v) is 9.24. The Hall–Kier alpha value is -0.120. The summed E-state index contributed by atoms with van der Waals surface area (Å²) < 4.78 is 0.648. The molecule has 2 nitrogen and oxygen atoms in total. The van der Waals surface area contributed by atoms with Crippen LogP contribution >= 0.6 is 22.9 Å². The van der Waals surface area contributed by atoms with E-state index in [1.807, 2.05) is 6.20 Å². The summed E-state index contributed by atoms with van der Waals surface area (Å²) in [4.78, 5) is 7.63. The molecule has 2 rings (SSSR count). The van der Waals surface area contributed by atoms with Crippen molar-refractivity contribution in [1.29, 1.82) is 0 Å². The molecule has 0 N–H and O–H groups in total. The average molecular weight is 217 g/mol. The molecule has 1 fully saturated rings. The molecule has 0 aliphatic heterocycles. The monoisotopic (exact) mass is 216 g/mol. The highest BCUT2D eigenvalue weighted by atomic mass is 35.5. The molecule has 0 aromatic carbocycles. The first-order chi connectivity index (χ1) is 6.24. The number of nitrogens with zero attached hydrogens (tertiary/aromatic N) is 2. The standard InChI is InChI=1S/C9H13ClN2S/c1-12(5-7-2-3-7)6-8-4-11-9(10)13-8/h4,7H,2-3,5-6H2,1H3. The first-order valence-corrected chi connectivity index (χ1v) is 5.72. The van der Waals surface area contributed by atoms with E-state index < -0.39 is 0 Å². The van der Waals surface area contributed by atoms with Crippen molar-refractivity contribution in [2.24, 2.45) is 5.92 Å². The van der Waals surface area contributed by atoms with Crippen LogP contribution in [-0.4, -0.2) is 23.5 Å². The lowest BCUT2D eigenvalue weighted by molar-refractivity contribution is 0.315. The van der Waals surface area contributed by atoms with Crippen molar-refractivity contribution in [1.82, 2.24) is 9.88 Å². The molecule has 0 bridgehead atoms. The maximum atomic E-state index is 5.75. The highest BCUT2D eigenvalue weighted by Gasteiger charge is 2.22. The second-order valence-electron chi connectivity index (χ2n) is 3.72. The van der Waals surface area contributed by atoms with Gasteiger partial charge in [-0.05, 0) is 25.8 Å². The predicted octanol–water partition coefficient (Wildman–Crippen LogP) is 2.64. The molecule has 0 spiro atoms. The van der Waals surface area contributed by atoms with E-state index in [1.54, 1.807) is 11.3 Å². The molecule has 1 aromatic heterocycles. The van der Waals surface area contributed by atoms with Crippen LogP contribution in [0.25, 0.3) is 0 Å². The summed E-state index contributed by atoms with van der Waals surface area (Å²) in [6.07, 6.45) is 4.69. The van der Waals surface area contributed by atoms with Crippen molar-refractivity contribution in [2.75, 3.05) is 13.6 Å². The van der Waals surface area contributed by atoms with Gasteiger partial charge in [-0.2, -0.15) is 0 Å². The van der Waals surface area contributed by atoms with Crippen LogP contribution in [0, 0.1) is 5.92 Å². The van der Waals surface area contributed by atoms with E-state index in [0.717, 1.165) is 12.5 Å². The van der Waals surface area contributed by atoms with Crippen LogP contribution in [0.15, 0.2) is 6.20 Å². The lowest BCUT2D eigenvalue weighted by Crippen LogP contribution is -2.19. The molecular formula is C9H13ClN2S. The average Bonchev–Trinajstić information content (AvgIpc) is 2.76. The highest BCUT2D eigenvalue weighted by molar-refractivity contribution is 7.15. The molecule has 0 amide bonds. The SMILES string of the molecule is CN(Cc1cnc(Cl)s1)CC1CC1. The predicted molar refractivity (Wildman–Crippen MR) is 56.2 cm³/mol. The van der Waals surface area contributed by atoms with Crippen LogP contribution in [0.3, 0.4) is 0 Å². The quantitative estimate of drug-likeness (QED) is 0.770. The molecule has 0 unspecified atom stereocenters. The van der Waals surface area contributed by atoms with Gasteiger partial charge >= 0.3 is 0 Å². The van der Waals surface area contributed by atoms with E-state index in [2.05, 4.69) is 16.9 Å². The van der Waals surface area contributed by atoms with Gasteiger partial charge in [0.25, 0.3) is 0 Å². The number of thiazole rings is 1. The Morgan fingerprint density at radius 3 is 3.00 bits per heavy atom. The molecule has 1 aliphatic carbocycles. The van der Waals surface area contributed by atoms with E-state index in [-0.39, 0.29) is 0 Å². The first-order valence-electron chi connectivity index (χ1n) is 4.53. The molecule has 0 atom stereocenters. The van der Waals surface area contributed by atoms with Crippen molar-refractivity contribution >= 4 is 22.9 Å². The van der Waals surface area contributed by atoms with Gasteiger partial charge < -0.3 is 4.90 Å². The van der Waals surface area contributed by atoms with Gasteiger partial charge in [0.15, 0.2) is 4.47 Å². The van der Waals surface area contributed by atoms with Gasteiger partial charge in [-0.25, -0.2) is 4.98 Å². The molecule has 72 valence electrons. The topological polar surface area (TPSA) is 16.1 Å². The third-order valence-electron chi connectivity index (χ3n) is 2.22. The van der Waals surface area contributed by atoms with Gasteiger partial charge in [-0.15, -0.1) is 11.3 Å². The Morgan fingerprint density at radius 2 is 2.46 bits per heavy atom. The van der Waals surface area contributed by atoms with E-state index in [1.165, 1.54) is 24.3 Å². The second kappa shape index (κ2) is 3.95. The molecular weight excluding hydrogens is 204 g/mol. The lowest BCUT2D eigenvalue weighted by Gasteiger charge is -2.13. The summed E-state index contributed by atoms with van der Waals surface area (Å²) >= 11 is 7.33. The summed E-state index contributed by atoms with van der Waals surface area (Å²) in [6, 6.07) is 0. The molecule has 13 heavy (non-hydrogen) atoms. The van der Waals surface area contributed by atoms with Crippen LogP contribution < -0.4 is 0 Å². The maximum absolute atomic E-state index is 5.75. The summed E-state index contributed by atoms with van der Waals surface area (Å²) in [5.41, 5.74) is 0. The highest BCUT2D eigenvalue weighted by Crippen LogP contribution is 2.30. The summed E-state index contributed by atoms with van der Waals surface area (Å²) in [7, 11) is 2.16. The van der Waals surface area contributed by atoms with Crippen molar-refractivity contribution < 1.29 is 0 Å². The first kappa shape index (κ1) is 9.44. The summed E-state index contributed by atoms with van der Waals surface area (Å²) in [6.45, 7) is 2.20. The fourth-order valence-corrected chi connectivity index (χ4v) is 2.49. The van der Waals surface area contributed by atoms with Crippen LogP contribution in [-0.2, 0) is 6.54 Å². The molecule has 1 saturated carbocycles. The molecule has 1 aliphatic rings. The third kappa shape index (κ3) is 2.93. The van der Waals surface area contributed by atoms with Gasteiger partial charge in [-0.3, -0.25) is 0 Å². The summed E-state index contributed by atoms with van der Waals surface area (Å²) in [5.74, 6) is 0.952. The zero-order chi connectivity index (χ0) is 9.26. The largest absolute Gasteiger partial charge is 0.301 e. The van der Waals surface area contributed by atoms with Gasteiger partial charge in [0.05, 0.1) is 0 Å². The van der Waals surface area contributed by atoms with Crippen LogP contribution in [0.2, 0.25) is 4.47 Å². The number of rotatable bonds is 4. The second-order valence-corrected chi connectivity index (χ2v) is 5.42. The number of hydrogen-bond donors (Lipinski definition) is 0. The van der Waals surface area contributed by atoms with Crippen LogP contribution in [0.4, 0.5) is 0 Å². The van der Waals surface area contributed by atoms with Gasteiger partial charge in [-0.1, -0.05) is 11.6 Å². The molecule has 1 heterocycles. The van der Waals surface area contributed by atoms with Crippen molar-refractivity contribution in [2.45, 2.75) is 19.4 Å². The molecule has 4 heteroatoms. The minimum absolute atomic E-state index is 0.648. The number of halogens is 1. The van der Waals surface area contributed by atoms with Crippen LogP contribution in [0.1, 0.15) is 17.7 Å². The van der Waals surface area contributed by atoms with Gasteiger partial charge in [0.1, 0.15) is 0 Å². The van der Waals surface area contributed by atoms with Gasteiger partial charge in [0, 0.05) is 24.2 Å². The van der Waals surface area contributed by atoms with Crippen molar-refractivity contribution in [3.8, 4) is 0 Å². The molecule has 0 radical (unpaired) electrons. The fourth-order valence-electron chi connectivity index (χ4n) is 1.43. The minimum Gasteiger partial charge on any atom is -0.301 e. The zero-order valence-electron chi connectivity index (χ0n) is 7.66. The Labute approximate surface area is 87.5 Å². The van der Waals surface area contributed by atoms with E-state index in [0.29, 0.717) is 4.47 Å². The van der Waals surface area contributed by atoms with E-state index in [9.17, 15) is 0 Å². The molecule has 1 aromatic rings. The normalized spacial score (nSPS) is 16.8. The maximum Gasteiger partial charge on any atom is 0.183 e. The van der Waals surface area contributed by atoms with Crippen molar-refractivity contribution in [3.05, 3.63) is 15.5 Å². The Bertz CT molecular complexity index is 283.